The highest BCUT2D eigenvalue weighted by Gasteiger charge is 2.22. The lowest BCUT2D eigenvalue weighted by atomic mass is 10.2. The zero-order chi connectivity index (χ0) is 13.7. The van der Waals surface area contributed by atoms with Gasteiger partial charge in [-0.1, -0.05) is 12.8 Å². The SMILES string of the molecule is COc1cc(C)nc(CN(CCN)C2CCCC2)c1. The zero-order valence-electron chi connectivity index (χ0n) is 12.1. The van der Waals surface area contributed by atoms with E-state index in [1.54, 1.807) is 7.11 Å². The molecule has 1 aromatic heterocycles. The number of nitrogens with two attached hydrogens (primary N) is 1. The number of nitrogens with zero attached hydrogens (tertiary/aromatic N) is 2. The van der Waals surface area contributed by atoms with Gasteiger partial charge in [0.15, 0.2) is 0 Å². The molecule has 106 valence electrons. The first-order valence-electron chi connectivity index (χ1n) is 7.18. The standard InChI is InChI=1S/C15H25N3O/c1-12-9-15(19-2)10-13(17-12)11-18(8-7-16)14-5-3-4-6-14/h9-10,14H,3-8,11,16H2,1-2H3. The van der Waals surface area contributed by atoms with Crippen LogP contribution in [-0.4, -0.2) is 36.1 Å². The fourth-order valence-electron chi connectivity index (χ4n) is 2.94. The van der Waals surface area contributed by atoms with Crippen molar-refractivity contribution in [2.24, 2.45) is 5.73 Å². The summed E-state index contributed by atoms with van der Waals surface area (Å²) in [7, 11) is 1.70. The number of methoxy groups -OCH3 is 1. The average Bonchev–Trinajstić information content (AvgIpc) is 2.91. The molecule has 0 saturated heterocycles. The number of aromatic nitrogens is 1. The van der Waals surface area contributed by atoms with Crippen LogP contribution in [0.25, 0.3) is 0 Å². The van der Waals surface area contributed by atoms with Gasteiger partial charge in [0.2, 0.25) is 0 Å². The van der Waals surface area contributed by atoms with Crippen molar-refractivity contribution in [3.05, 3.63) is 23.5 Å². The maximum Gasteiger partial charge on any atom is 0.122 e. The van der Waals surface area contributed by atoms with Crippen LogP contribution in [-0.2, 0) is 6.54 Å². The lowest BCUT2D eigenvalue weighted by molar-refractivity contribution is 0.192. The van der Waals surface area contributed by atoms with Gasteiger partial charge in [-0.15, -0.1) is 0 Å². The topological polar surface area (TPSA) is 51.4 Å². The van der Waals surface area contributed by atoms with E-state index in [-0.39, 0.29) is 0 Å². The van der Waals surface area contributed by atoms with E-state index >= 15 is 0 Å². The first-order valence-corrected chi connectivity index (χ1v) is 7.18. The minimum absolute atomic E-state index is 0.678. The van der Waals surface area contributed by atoms with E-state index in [9.17, 15) is 0 Å². The Morgan fingerprint density at radius 3 is 2.74 bits per heavy atom. The second-order valence-corrected chi connectivity index (χ2v) is 5.34. The maximum atomic E-state index is 5.75. The molecule has 19 heavy (non-hydrogen) atoms. The Kier molecular flexibility index (Phi) is 5.16. The smallest absolute Gasteiger partial charge is 0.122 e. The summed E-state index contributed by atoms with van der Waals surface area (Å²) in [5.41, 5.74) is 7.84. The highest BCUT2D eigenvalue weighted by atomic mass is 16.5. The second kappa shape index (κ2) is 6.87. The van der Waals surface area contributed by atoms with Crippen molar-refractivity contribution >= 4 is 0 Å². The normalized spacial score (nSPS) is 16.2. The first-order chi connectivity index (χ1) is 9.22. The Morgan fingerprint density at radius 2 is 2.11 bits per heavy atom. The molecule has 1 fully saturated rings. The Hall–Kier alpha value is -1.13. The Morgan fingerprint density at radius 1 is 1.37 bits per heavy atom. The van der Waals surface area contributed by atoms with Gasteiger partial charge in [-0.05, 0) is 19.8 Å². The van der Waals surface area contributed by atoms with Crippen LogP contribution in [0, 0.1) is 6.92 Å². The van der Waals surface area contributed by atoms with Crippen LogP contribution in [0.2, 0.25) is 0 Å². The number of hydrogen-bond acceptors (Lipinski definition) is 4. The summed E-state index contributed by atoms with van der Waals surface area (Å²) in [5.74, 6) is 0.890. The highest BCUT2D eigenvalue weighted by Crippen LogP contribution is 2.25. The molecule has 0 unspecified atom stereocenters. The van der Waals surface area contributed by atoms with Crippen molar-refractivity contribution in [1.29, 1.82) is 0 Å². The van der Waals surface area contributed by atoms with Gasteiger partial charge in [-0.25, -0.2) is 0 Å². The van der Waals surface area contributed by atoms with Gasteiger partial charge in [0.1, 0.15) is 5.75 Å². The van der Waals surface area contributed by atoms with Gasteiger partial charge in [-0.2, -0.15) is 0 Å². The van der Waals surface area contributed by atoms with Crippen LogP contribution < -0.4 is 10.5 Å². The van der Waals surface area contributed by atoms with E-state index < -0.39 is 0 Å². The third-order valence-corrected chi connectivity index (χ3v) is 3.84. The van der Waals surface area contributed by atoms with Crippen molar-refractivity contribution in [3.8, 4) is 5.75 Å². The fourth-order valence-corrected chi connectivity index (χ4v) is 2.94. The van der Waals surface area contributed by atoms with E-state index in [0.29, 0.717) is 12.6 Å². The summed E-state index contributed by atoms with van der Waals surface area (Å²) in [6.07, 6.45) is 5.28. The van der Waals surface area contributed by atoms with Crippen molar-refractivity contribution in [1.82, 2.24) is 9.88 Å². The molecule has 0 aromatic carbocycles. The van der Waals surface area contributed by atoms with E-state index in [1.807, 2.05) is 19.1 Å². The van der Waals surface area contributed by atoms with Crippen LogP contribution in [0.1, 0.15) is 37.1 Å². The molecule has 1 heterocycles. The summed E-state index contributed by atoms with van der Waals surface area (Å²) in [6.45, 7) is 4.54. The maximum absolute atomic E-state index is 5.75. The molecule has 0 radical (unpaired) electrons. The molecule has 2 N–H and O–H groups in total. The van der Waals surface area contributed by atoms with Crippen LogP contribution in [0.5, 0.6) is 5.75 Å². The molecule has 0 spiro atoms. The molecule has 0 bridgehead atoms. The van der Waals surface area contributed by atoms with Gasteiger partial charge in [-0.3, -0.25) is 9.88 Å². The highest BCUT2D eigenvalue weighted by molar-refractivity contribution is 5.26. The third kappa shape index (κ3) is 3.91. The van der Waals surface area contributed by atoms with E-state index in [2.05, 4.69) is 9.88 Å². The van der Waals surface area contributed by atoms with Crippen molar-refractivity contribution < 1.29 is 4.74 Å². The summed E-state index contributed by atoms with van der Waals surface area (Å²) >= 11 is 0. The summed E-state index contributed by atoms with van der Waals surface area (Å²) < 4.78 is 5.32. The van der Waals surface area contributed by atoms with E-state index in [1.165, 1.54) is 25.7 Å². The van der Waals surface area contributed by atoms with Crippen molar-refractivity contribution in [2.75, 3.05) is 20.2 Å². The predicted molar refractivity (Wildman–Crippen MR) is 77.2 cm³/mol. The minimum atomic E-state index is 0.678. The fraction of sp³-hybridized carbons (Fsp3) is 0.667. The largest absolute Gasteiger partial charge is 0.497 e. The molecule has 2 rings (SSSR count). The van der Waals surface area contributed by atoms with Gasteiger partial charge in [0.25, 0.3) is 0 Å². The zero-order valence-corrected chi connectivity index (χ0v) is 12.1. The second-order valence-electron chi connectivity index (χ2n) is 5.34. The Bertz CT molecular complexity index is 402. The molecule has 4 heteroatoms. The van der Waals surface area contributed by atoms with E-state index in [4.69, 9.17) is 10.5 Å². The molecule has 1 saturated carbocycles. The summed E-state index contributed by atoms with van der Waals surface area (Å²) in [4.78, 5) is 7.09. The third-order valence-electron chi connectivity index (χ3n) is 3.84. The molecule has 1 aliphatic rings. The van der Waals surface area contributed by atoms with Gasteiger partial charge >= 0.3 is 0 Å². The van der Waals surface area contributed by atoms with Gasteiger partial charge in [0, 0.05) is 43.5 Å². The van der Waals surface area contributed by atoms with Crippen LogP contribution in [0.15, 0.2) is 12.1 Å². The molecule has 1 aromatic rings. The molecular formula is C15H25N3O. The average molecular weight is 263 g/mol. The number of ether oxygens (including phenoxy) is 1. The quantitative estimate of drug-likeness (QED) is 0.854. The number of pyridine rings is 1. The lowest BCUT2D eigenvalue weighted by Crippen LogP contribution is -2.37. The van der Waals surface area contributed by atoms with Crippen LogP contribution in [0.4, 0.5) is 0 Å². The Labute approximate surface area is 116 Å². The van der Waals surface area contributed by atoms with Crippen LogP contribution >= 0.6 is 0 Å². The summed E-state index contributed by atoms with van der Waals surface area (Å²) in [5, 5.41) is 0. The first kappa shape index (κ1) is 14.3. The number of aryl methyl sites for hydroxylation is 1. The molecule has 0 amide bonds. The number of hydrogen-bond donors (Lipinski definition) is 1. The molecule has 4 nitrogen and oxygen atoms in total. The predicted octanol–water partition coefficient (Wildman–Crippen LogP) is 2.10. The molecule has 0 atom stereocenters. The van der Waals surface area contributed by atoms with Crippen molar-refractivity contribution in [2.45, 2.75) is 45.2 Å². The van der Waals surface area contributed by atoms with Crippen molar-refractivity contribution in [3.63, 3.8) is 0 Å². The monoisotopic (exact) mass is 263 g/mol. The summed E-state index contributed by atoms with van der Waals surface area (Å²) in [6, 6.07) is 4.68. The molecule has 0 aliphatic heterocycles. The molecular weight excluding hydrogens is 238 g/mol. The van der Waals surface area contributed by atoms with Gasteiger partial charge in [0.05, 0.1) is 12.8 Å². The Balaban J connectivity index is 2.09. The van der Waals surface area contributed by atoms with Gasteiger partial charge < -0.3 is 10.5 Å². The van der Waals surface area contributed by atoms with E-state index in [0.717, 1.165) is 30.2 Å². The minimum Gasteiger partial charge on any atom is -0.497 e. The lowest BCUT2D eigenvalue weighted by Gasteiger charge is -2.28. The number of rotatable bonds is 6. The van der Waals surface area contributed by atoms with Crippen LogP contribution in [0.3, 0.4) is 0 Å². The molecule has 1 aliphatic carbocycles.